The summed E-state index contributed by atoms with van der Waals surface area (Å²) in [5.74, 6) is 1.87. The fourth-order valence-electron chi connectivity index (χ4n) is 10.7. The maximum Gasteiger partial charge on any atom is 0.164 e. The van der Waals surface area contributed by atoms with Gasteiger partial charge in [-0.3, -0.25) is 0 Å². The molecule has 1 aromatic heterocycles. The van der Waals surface area contributed by atoms with Crippen molar-refractivity contribution >= 4 is 17.1 Å². The van der Waals surface area contributed by atoms with Gasteiger partial charge in [-0.1, -0.05) is 212 Å². The van der Waals surface area contributed by atoms with Crippen LogP contribution in [-0.2, 0) is 5.41 Å². The zero-order valence-electron chi connectivity index (χ0n) is 37.0. The van der Waals surface area contributed by atoms with E-state index in [0.717, 1.165) is 55.8 Å². The van der Waals surface area contributed by atoms with E-state index >= 15 is 0 Å². The van der Waals surface area contributed by atoms with Gasteiger partial charge < -0.3 is 4.90 Å². The lowest BCUT2D eigenvalue weighted by atomic mass is 9.64. The number of anilines is 3. The lowest BCUT2D eigenvalue weighted by Gasteiger charge is -2.45. The highest BCUT2D eigenvalue weighted by atomic mass is 15.2. The Morgan fingerprint density at radius 2 is 0.676 bits per heavy atom. The Morgan fingerprint density at radius 3 is 1.32 bits per heavy atom. The molecule has 0 amide bonds. The third kappa shape index (κ3) is 6.34. The van der Waals surface area contributed by atoms with Gasteiger partial charge in [-0.15, -0.1) is 0 Å². The maximum atomic E-state index is 5.26. The molecule has 0 saturated heterocycles. The molecule has 68 heavy (non-hydrogen) atoms. The highest BCUT2D eigenvalue weighted by Gasteiger charge is 2.51. The monoisotopic (exact) mass is 866 g/mol. The minimum atomic E-state index is -0.514. The average Bonchev–Trinajstić information content (AvgIpc) is 3.71. The Morgan fingerprint density at radius 1 is 0.250 bits per heavy atom. The van der Waals surface area contributed by atoms with Crippen molar-refractivity contribution in [3.8, 4) is 78.7 Å². The summed E-state index contributed by atoms with van der Waals surface area (Å²) in [7, 11) is 0. The van der Waals surface area contributed by atoms with Crippen molar-refractivity contribution < 1.29 is 0 Å². The molecule has 0 radical (unpaired) electrons. The van der Waals surface area contributed by atoms with Crippen LogP contribution in [0, 0.1) is 0 Å². The van der Waals surface area contributed by atoms with Crippen molar-refractivity contribution in [1.29, 1.82) is 0 Å². The molecule has 4 heteroatoms. The third-order valence-electron chi connectivity index (χ3n) is 13.7. The minimum absolute atomic E-state index is 0.514. The van der Waals surface area contributed by atoms with Gasteiger partial charge in [-0.2, -0.15) is 0 Å². The molecule has 1 spiro atoms. The van der Waals surface area contributed by atoms with Crippen LogP contribution in [-0.4, -0.2) is 15.0 Å². The molecule has 1 aliphatic carbocycles. The van der Waals surface area contributed by atoms with Crippen LogP contribution in [0.2, 0.25) is 0 Å². The van der Waals surface area contributed by atoms with Crippen molar-refractivity contribution in [3.63, 3.8) is 0 Å². The number of benzene rings is 10. The summed E-state index contributed by atoms with van der Waals surface area (Å²) < 4.78 is 0. The molecule has 0 N–H and O–H groups in total. The largest absolute Gasteiger partial charge is 0.310 e. The SMILES string of the molecule is c1ccc(-c2nc(-c3cccc(-c4ccc5c(c4)-c4ccccc4C54c5ccccc5N(c5ccccc5)c5ccccc54)c3)nc(-c3ccc(-c4ccccc4)c(-c4ccccc4)c3)n2)cc1. The molecule has 0 unspecified atom stereocenters. The van der Waals surface area contributed by atoms with Gasteiger partial charge in [0.2, 0.25) is 0 Å². The molecule has 10 aromatic carbocycles. The van der Waals surface area contributed by atoms with Gasteiger partial charge in [0.05, 0.1) is 16.8 Å². The standard InChI is InChI=1S/C64H42N4/c1-5-20-43(21-6-1)51-38-36-49(42-53(51)44-22-7-2-8-23-44)63-66-61(45-24-9-3-10-25-45)65-62(67-63)48-27-19-26-46(40-48)47-37-39-56-54(41-47)52-30-13-14-31-55(52)64(56)57-32-15-17-34-59(57)68(50-28-11-4-12-29-50)60-35-18-16-33-58(60)64/h1-42H. The second-order valence-corrected chi connectivity index (χ2v) is 17.5. The molecule has 0 saturated carbocycles. The molecule has 0 fully saturated rings. The zero-order valence-corrected chi connectivity index (χ0v) is 37.0. The number of rotatable bonds is 7. The van der Waals surface area contributed by atoms with E-state index in [0.29, 0.717) is 17.5 Å². The molecular weight excluding hydrogens is 825 g/mol. The lowest BCUT2D eigenvalue weighted by molar-refractivity contribution is 0.753. The highest BCUT2D eigenvalue weighted by molar-refractivity contribution is 5.97. The Bertz CT molecular complexity index is 3630. The van der Waals surface area contributed by atoms with Crippen molar-refractivity contribution in [3.05, 3.63) is 277 Å². The Labute approximate surface area is 396 Å². The highest BCUT2D eigenvalue weighted by Crippen LogP contribution is 2.63. The summed E-state index contributed by atoms with van der Waals surface area (Å²) in [4.78, 5) is 18.0. The maximum absolute atomic E-state index is 5.26. The van der Waals surface area contributed by atoms with Gasteiger partial charge in [-0.25, -0.2) is 15.0 Å². The first-order valence-electron chi connectivity index (χ1n) is 23.2. The van der Waals surface area contributed by atoms with E-state index in [4.69, 9.17) is 15.0 Å². The normalized spacial score (nSPS) is 12.8. The Kier molecular flexibility index (Phi) is 9.36. The van der Waals surface area contributed by atoms with Gasteiger partial charge in [0.15, 0.2) is 17.5 Å². The van der Waals surface area contributed by atoms with Crippen LogP contribution in [0.15, 0.2) is 255 Å². The first kappa shape index (κ1) is 39.4. The number of para-hydroxylation sites is 3. The van der Waals surface area contributed by atoms with E-state index in [1.54, 1.807) is 0 Å². The van der Waals surface area contributed by atoms with Gasteiger partial charge >= 0.3 is 0 Å². The Hall–Kier alpha value is -8.99. The molecule has 11 aromatic rings. The van der Waals surface area contributed by atoms with Crippen molar-refractivity contribution in [2.75, 3.05) is 4.90 Å². The van der Waals surface area contributed by atoms with Crippen LogP contribution >= 0.6 is 0 Å². The number of hydrogen-bond acceptors (Lipinski definition) is 4. The topological polar surface area (TPSA) is 41.9 Å². The summed E-state index contributed by atoms with van der Waals surface area (Å²) >= 11 is 0. The minimum Gasteiger partial charge on any atom is -0.310 e. The summed E-state index contributed by atoms with van der Waals surface area (Å²) in [6.07, 6.45) is 0. The van der Waals surface area contributed by atoms with Gasteiger partial charge in [0.25, 0.3) is 0 Å². The molecule has 1 aliphatic heterocycles. The fraction of sp³-hybridized carbons (Fsp3) is 0.0156. The smallest absolute Gasteiger partial charge is 0.164 e. The molecule has 0 bridgehead atoms. The predicted molar refractivity (Wildman–Crippen MR) is 278 cm³/mol. The fourth-order valence-corrected chi connectivity index (χ4v) is 10.7. The van der Waals surface area contributed by atoms with Crippen molar-refractivity contribution in [1.82, 2.24) is 15.0 Å². The lowest BCUT2D eigenvalue weighted by Crippen LogP contribution is -2.36. The van der Waals surface area contributed by atoms with E-state index in [9.17, 15) is 0 Å². The number of nitrogens with zero attached hydrogens (tertiary/aromatic N) is 4. The van der Waals surface area contributed by atoms with Crippen LogP contribution < -0.4 is 4.90 Å². The molecule has 4 nitrogen and oxygen atoms in total. The number of hydrogen-bond donors (Lipinski definition) is 0. The second-order valence-electron chi connectivity index (χ2n) is 17.5. The first-order chi connectivity index (χ1) is 33.7. The Balaban J connectivity index is 0.949. The van der Waals surface area contributed by atoms with E-state index in [1.165, 1.54) is 44.8 Å². The van der Waals surface area contributed by atoms with E-state index in [2.05, 4.69) is 241 Å². The van der Waals surface area contributed by atoms with Gasteiger partial charge in [0, 0.05) is 22.4 Å². The molecular formula is C64H42N4. The molecule has 0 atom stereocenters. The predicted octanol–water partition coefficient (Wildman–Crippen LogP) is 16.0. The van der Waals surface area contributed by atoms with Gasteiger partial charge in [0.1, 0.15) is 0 Å². The van der Waals surface area contributed by atoms with Crippen LogP contribution in [0.25, 0.3) is 78.7 Å². The summed E-state index contributed by atoms with van der Waals surface area (Å²) in [6.45, 7) is 0. The van der Waals surface area contributed by atoms with E-state index in [1.807, 2.05) is 18.2 Å². The molecule has 318 valence electrons. The van der Waals surface area contributed by atoms with Crippen LogP contribution in [0.1, 0.15) is 22.3 Å². The summed E-state index contributed by atoms with van der Waals surface area (Å²) in [5.41, 5.74) is 20.2. The van der Waals surface area contributed by atoms with Crippen LogP contribution in [0.5, 0.6) is 0 Å². The van der Waals surface area contributed by atoms with E-state index < -0.39 is 5.41 Å². The van der Waals surface area contributed by atoms with Gasteiger partial charge in [-0.05, 0) is 109 Å². The second kappa shape index (κ2) is 16.2. The number of fused-ring (bicyclic) bond motifs is 9. The number of aromatic nitrogens is 3. The average molecular weight is 867 g/mol. The quantitative estimate of drug-likeness (QED) is 0.160. The molecule has 2 aliphatic rings. The zero-order chi connectivity index (χ0) is 45.0. The van der Waals surface area contributed by atoms with Crippen molar-refractivity contribution in [2.45, 2.75) is 5.41 Å². The molecule has 13 rings (SSSR count). The van der Waals surface area contributed by atoms with Crippen molar-refractivity contribution in [2.24, 2.45) is 0 Å². The summed E-state index contributed by atoms with van der Waals surface area (Å²) in [5, 5.41) is 0. The first-order valence-corrected chi connectivity index (χ1v) is 23.2. The van der Waals surface area contributed by atoms with Crippen LogP contribution in [0.3, 0.4) is 0 Å². The summed E-state index contributed by atoms with van der Waals surface area (Å²) in [6, 6.07) is 91.2. The third-order valence-corrected chi connectivity index (χ3v) is 13.7. The van der Waals surface area contributed by atoms with E-state index in [-0.39, 0.29) is 0 Å². The molecule has 2 heterocycles. The van der Waals surface area contributed by atoms with Crippen LogP contribution in [0.4, 0.5) is 17.1 Å².